The molecule has 2 saturated heterocycles. The van der Waals surface area contributed by atoms with Crippen molar-refractivity contribution in [2.45, 2.75) is 63.6 Å². The number of ether oxygens (including phenoxy) is 3. The highest BCUT2D eigenvalue weighted by molar-refractivity contribution is 5.91. The summed E-state index contributed by atoms with van der Waals surface area (Å²) in [6.45, 7) is 12.7. The van der Waals surface area contributed by atoms with Crippen molar-refractivity contribution in [3.8, 4) is 0 Å². The summed E-state index contributed by atoms with van der Waals surface area (Å²) < 4.78 is 16.8. The van der Waals surface area contributed by atoms with E-state index in [4.69, 9.17) is 14.2 Å². The number of epoxide rings is 1. The van der Waals surface area contributed by atoms with Gasteiger partial charge in [0.15, 0.2) is 0 Å². The average Bonchev–Trinajstić information content (AvgIpc) is 3.04. The Morgan fingerprint density at radius 1 is 1.48 bits per heavy atom. The lowest BCUT2D eigenvalue weighted by atomic mass is 9.82. The summed E-state index contributed by atoms with van der Waals surface area (Å²) in [5.41, 5.74) is 0.728. The van der Waals surface area contributed by atoms with E-state index in [2.05, 4.69) is 13.2 Å². The molecular weight excluding hydrogens is 324 g/mol. The first kappa shape index (κ1) is 17.9. The lowest BCUT2D eigenvalue weighted by Gasteiger charge is -2.29. The normalized spacial score (nSPS) is 42.4. The van der Waals surface area contributed by atoms with Gasteiger partial charge in [-0.3, -0.25) is 0 Å². The van der Waals surface area contributed by atoms with E-state index in [1.807, 2.05) is 6.92 Å². The number of hydrogen-bond acceptors (Lipinski definition) is 6. The van der Waals surface area contributed by atoms with E-state index < -0.39 is 41.8 Å². The fraction of sp³-hybridized carbons (Fsp3) is 0.579. The number of aliphatic hydroxyl groups is 1. The molecule has 2 heterocycles. The molecule has 0 amide bonds. The molecule has 0 radical (unpaired) electrons. The molecule has 2 aliphatic heterocycles. The van der Waals surface area contributed by atoms with Crippen LogP contribution in [0.15, 0.2) is 36.0 Å². The van der Waals surface area contributed by atoms with E-state index in [-0.39, 0.29) is 17.3 Å². The minimum absolute atomic E-state index is 0.125. The average molecular weight is 348 g/mol. The Hall–Kier alpha value is -1.92. The summed E-state index contributed by atoms with van der Waals surface area (Å²) in [5.74, 6) is -1.55. The molecule has 0 spiro atoms. The molecule has 6 atom stereocenters. The van der Waals surface area contributed by atoms with E-state index >= 15 is 0 Å². The molecule has 0 aromatic carbocycles. The minimum atomic E-state index is -0.672. The molecule has 0 unspecified atom stereocenters. The van der Waals surface area contributed by atoms with E-state index in [1.54, 1.807) is 19.9 Å². The van der Waals surface area contributed by atoms with E-state index in [0.717, 1.165) is 0 Å². The standard InChI is InChI=1S/C19H24O6/c1-9(2)17(21)24-14-8-19(5)15(25-19)7-12(20)10(3)6-13-16(14)11(4)18(22)23-13/h6,12-16,20H,1,4,7-8H2,2-3,5H3/b10-6-/t12-,13-,14+,15+,16-,19-/m0/s1. The van der Waals surface area contributed by atoms with Crippen LogP contribution in [-0.4, -0.2) is 47.1 Å². The molecule has 0 saturated carbocycles. The molecule has 0 aromatic rings. The minimum Gasteiger partial charge on any atom is -0.458 e. The molecule has 1 aliphatic carbocycles. The van der Waals surface area contributed by atoms with Crippen LogP contribution >= 0.6 is 0 Å². The summed E-state index contributed by atoms with van der Waals surface area (Å²) in [6, 6.07) is 0. The largest absolute Gasteiger partial charge is 0.458 e. The maximum atomic E-state index is 12.1. The molecule has 0 bridgehead atoms. The number of aliphatic hydroxyl groups excluding tert-OH is 1. The van der Waals surface area contributed by atoms with Crippen molar-refractivity contribution in [2.75, 3.05) is 0 Å². The van der Waals surface area contributed by atoms with Gasteiger partial charge in [-0.1, -0.05) is 13.2 Å². The van der Waals surface area contributed by atoms with Crippen LogP contribution in [-0.2, 0) is 23.8 Å². The Balaban J connectivity index is 1.98. The summed E-state index contributed by atoms with van der Waals surface area (Å²) in [4.78, 5) is 24.2. The maximum absolute atomic E-state index is 12.1. The third-order valence-corrected chi connectivity index (χ3v) is 5.30. The highest BCUT2D eigenvalue weighted by Gasteiger charge is 2.57. The number of rotatable bonds is 2. The molecular formula is C19H24O6. The third-order valence-electron chi connectivity index (χ3n) is 5.30. The fourth-order valence-corrected chi connectivity index (χ4v) is 3.59. The molecule has 136 valence electrons. The van der Waals surface area contributed by atoms with E-state index in [1.165, 1.54) is 0 Å². The van der Waals surface area contributed by atoms with Gasteiger partial charge in [0.05, 0.1) is 23.7 Å². The van der Waals surface area contributed by atoms with Crippen molar-refractivity contribution < 1.29 is 28.9 Å². The highest BCUT2D eigenvalue weighted by atomic mass is 16.6. The van der Waals surface area contributed by atoms with Gasteiger partial charge in [0.1, 0.15) is 12.2 Å². The van der Waals surface area contributed by atoms with E-state index in [0.29, 0.717) is 18.4 Å². The molecule has 6 nitrogen and oxygen atoms in total. The lowest BCUT2D eigenvalue weighted by Crippen LogP contribution is -2.37. The topological polar surface area (TPSA) is 85.4 Å². The van der Waals surface area contributed by atoms with Gasteiger partial charge in [-0.2, -0.15) is 0 Å². The molecule has 25 heavy (non-hydrogen) atoms. The van der Waals surface area contributed by atoms with Gasteiger partial charge in [0, 0.05) is 24.0 Å². The fourth-order valence-electron chi connectivity index (χ4n) is 3.59. The number of esters is 2. The van der Waals surface area contributed by atoms with Crippen LogP contribution < -0.4 is 0 Å². The predicted octanol–water partition coefficient (Wildman–Crippen LogP) is 1.83. The van der Waals surface area contributed by atoms with Crippen molar-refractivity contribution in [1.29, 1.82) is 0 Å². The zero-order valence-electron chi connectivity index (χ0n) is 14.8. The summed E-state index contributed by atoms with van der Waals surface area (Å²) in [5, 5.41) is 10.3. The van der Waals surface area contributed by atoms with Crippen LogP contribution in [0.4, 0.5) is 0 Å². The van der Waals surface area contributed by atoms with Crippen molar-refractivity contribution in [3.05, 3.63) is 36.0 Å². The summed E-state index contributed by atoms with van der Waals surface area (Å²) in [6.07, 6.45) is 0.519. The van der Waals surface area contributed by atoms with E-state index in [9.17, 15) is 14.7 Å². The van der Waals surface area contributed by atoms with Gasteiger partial charge >= 0.3 is 11.9 Å². The second kappa shape index (κ2) is 6.11. The van der Waals surface area contributed by atoms with Gasteiger partial charge < -0.3 is 19.3 Å². The lowest BCUT2D eigenvalue weighted by molar-refractivity contribution is -0.148. The Labute approximate surface area is 147 Å². The Kier molecular flexibility index (Phi) is 4.37. The Morgan fingerprint density at radius 2 is 2.16 bits per heavy atom. The van der Waals surface area contributed by atoms with Gasteiger partial charge in [-0.05, 0) is 32.4 Å². The van der Waals surface area contributed by atoms with Gasteiger partial charge in [0.25, 0.3) is 0 Å². The zero-order valence-corrected chi connectivity index (χ0v) is 14.8. The van der Waals surface area contributed by atoms with Crippen molar-refractivity contribution in [1.82, 2.24) is 0 Å². The molecule has 0 aromatic heterocycles. The zero-order chi connectivity index (χ0) is 18.5. The van der Waals surface area contributed by atoms with Crippen LogP contribution in [0, 0.1) is 5.92 Å². The van der Waals surface area contributed by atoms with Crippen LogP contribution in [0.1, 0.15) is 33.6 Å². The highest BCUT2D eigenvalue weighted by Crippen LogP contribution is 2.47. The number of carbonyl (C=O) groups is 2. The van der Waals surface area contributed by atoms with Gasteiger partial charge in [0.2, 0.25) is 0 Å². The summed E-state index contributed by atoms with van der Waals surface area (Å²) >= 11 is 0. The van der Waals surface area contributed by atoms with Crippen molar-refractivity contribution in [3.63, 3.8) is 0 Å². The number of fused-ring (bicyclic) bond motifs is 2. The smallest absolute Gasteiger partial charge is 0.334 e. The third kappa shape index (κ3) is 3.28. The van der Waals surface area contributed by atoms with Crippen LogP contribution in [0.25, 0.3) is 0 Å². The van der Waals surface area contributed by atoms with Crippen molar-refractivity contribution >= 4 is 11.9 Å². The van der Waals surface area contributed by atoms with Crippen LogP contribution in [0.3, 0.4) is 0 Å². The Morgan fingerprint density at radius 3 is 2.80 bits per heavy atom. The summed E-state index contributed by atoms with van der Waals surface area (Å²) in [7, 11) is 0. The maximum Gasteiger partial charge on any atom is 0.334 e. The number of hydrogen-bond donors (Lipinski definition) is 1. The monoisotopic (exact) mass is 348 g/mol. The first-order valence-corrected chi connectivity index (χ1v) is 8.43. The first-order chi connectivity index (χ1) is 11.6. The SMILES string of the molecule is C=C(C)C(=O)O[C@@H]1C[C@]2(C)O[C@@H]2C[C@H](O)/C(C)=C\[C@@H]2OC(=O)C(=C)[C@@H]21. The van der Waals surface area contributed by atoms with Gasteiger partial charge in [-0.15, -0.1) is 0 Å². The molecule has 3 rings (SSSR count). The number of carbonyl (C=O) groups excluding carboxylic acids is 2. The molecule has 1 N–H and O–H groups in total. The van der Waals surface area contributed by atoms with Crippen LogP contribution in [0.2, 0.25) is 0 Å². The molecule has 3 aliphatic rings. The van der Waals surface area contributed by atoms with Gasteiger partial charge in [-0.25, -0.2) is 9.59 Å². The van der Waals surface area contributed by atoms with Crippen molar-refractivity contribution in [2.24, 2.45) is 5.92 Å². The second-order valence-corrected chi connectivity index (χ2v) is 7.43. The molecule has 6 heteroatoms. The molecule has 2 fully saturated rings. The quantitative estimate of drug-likeness (QED) is 0.355. The first-order valence-electron chi connectivity index (χ1n) is 8.43. The predicted molar refractivity (Wildman–Crippen MR) is 89.5 cm³/mol. The Bertz CT molecular complexity index is 677. The second-order valence-electron chi connectivity index (χ2n) is 7.43. The van der Waals surface area contributed by atoms with Crippen LogP contribution in [0.5, 0.6) is 0 Å².